The van der Waals surface area contributed by atoms with Gasteiger partial charge in [0.05, 0.1) is 17.7 Å². The molecule has 27 heavy (non-hydrogen) atoms. The molecular weight excluding hydrogens is 378 g/mol. The van der Waals surface area contributed by atoms with E-state index in [9.17, 15) is 9.59 Å². The highest BCUT2D eigenvalue weighted by molar-refractivity contribution is 7.99. The van der Waals surface area contributed by atoms with E-state index in [1.165, 1.54) is 22.2 Å². The van der Waals surface area contributed by atoms with Crippen molar-refractivity contribution in [1.29, 1.82) is 0 Å². The average Bonchev–Trinajstić information content (AvgIpc) is 3.00. The van der Waals surface area contributed by atoms with Crippen LogP contribution in [0.25, 0.3) is 10.2 Å². The Morgan fingerprint density at radius 1 is 1.44 bits per heavy atom. The number of fused-ring (bicyclic) bond motifs is 3. The maximum Gasteiger partial charge on any atom is 0.263 e. The molecule has 0 aliphatic heterocycles. The first-order valence-electron chi connectivity index (χ1n) is 9.09. The van der Waals surface area contributed by atoms with Gasteiger partial charge in [0, 0.05) is 17.3 Å². The summed E-state index contributed by atoms with van der Waals surface area (Å²) < 4.78 is 1.71. The smallest absolute Gasteiger partial charge is 0.263 e. The summed E-state index contributed by atoms with van der Waals surface area (Å²) in [5.41, 5.74) is 2.14. The lowest BCUT2D eigenvalue weighted by Crippen LogP contribution is -2.25. The van der Waals surface area contributed by atoms with Crippen molar-refractivity contribution in [3.8, 4) is 0 Å². The largest absolute Gasteiger partial charge is 0.299 e. The van der Waals surface area contributed by atoms with Gasteiger partial charge in [0.15, 0.2) is 5.16 Å². The van der Waals surface area contributed by atoms with Gasteiger partial charge in [-0.1, -0.05) is 24.8 Å². The summed E-state index contributed by atoms with van der Waals surface area (Å²) in [6, 6.07) is 3.82. The first-order chi connectivity index (χ1) is 13.0. The van der Waals surface area contributed by atoms with Crippen molar-refractivity contribution in [2.24, 2.45) is 5.92 Å². The molecule has 3 heterocycles. The molecule has 3 aromatic heterocycles. The number of rotatable bonds is 5. The molecule has 5 nitrogen and oxygen atoms in total. The second kappa shape index (κ2) is 7.56. The molecule has 0 spiro atoms. The number of aromatic nitrogens is 3. The minimum atomic E-state index is 0.00181. The Balaban J connectivity index is 1.86. The fraction of sp³-hybridized carbons (Fsp3) is 0.400. The molecule has 0 unspecified atom stereocenters. The summed E-state index contributed by atoms with van der Waals surface area (Å²) in [6.45, 7) is 4.23. The van der Waals surface area contributed by atoms with Gasteiger partial charge in [0.2, 0.25) is 0 Å². The second-order valence-corrected chi connectivity index (χ2v) is 9.20. The minimum absolute atomic E-state index is 0.00181. The number of aryl methyl sites for hydroxylation is 1. The van der Waals surface area contributed by atoms with Crippen LogP contribution in [0.3, 0.4) is 0 Å². The van der Waals surface area contributed by atoms with Crippen molar-refractivity contribution in [3.05, 3.63) is 50.9 Å². The third-order valence-electron chi connectivity index (χ3n) is 4.85. The van der Waals surface area contributed by atoms with E-state index in [-0.39, 0.29) is 11.3 Å². The monoisotopic (exact) mass is 399 g/mol. The number of thiophene rings is 1. The van der Waals surface area contributed by atoms with E-state index in [4.69, 9.17) is 4.98 Å². The molecule has 0 N–H and O–H groups in total. The maximum atomic E-state index is 13.4. The Morgan fingerprint density at radius 2 is 2.30 bits per heavy atom. The first-order valence-corrected chi connectivity index (χ1v) is 10.9. The molecule has 0 saturated heterocycles. The van der Waals surface area contributed by atoms with Crippen LogP contribution in [-0.4, -0.2) is 26.1 Å². The molecule has 7 heteroatoms. The van der Waals surface area contributed by atoms with E-state index in [2.05, 4.69) is 11.9 Å². The number of hydrogen-bond donors (Lipinski definition) is 0. The number of nitrogens with zero attached hydrogens (tertiary/aromatic N) is 3. The average molecular weight is 400 g/mol. The van der Waals surface area contributed by atoms with E-state index in [0.29, 0.717) is 23.4 Å². The van der Waals surface area contributed by atoms with Gasteiger partial charge < -0.3 is 0 Å². The fourth-order valence-corrected chi connectivity index (χ4v) is 5.72. The Morgan fingerprint density at radius 3 is 3.04 bits per heavy atom. The van der Waals surface area contributed by atoms with Crippen LogP contribution in [0.2, 0.25) is 0 Å². The molecule has 140 valence electrons. The summed E-state index contributed by atoms with van der Waals surface area (Å²) in [5, 5.41) is 1.39. The van der Waals surface area contributed by atoms with Gasteiger partial charge in [-0.05, 0) is 49.3 Å². The maximum absolute atomic E-state index is 13.4. The predicted octanol–water partition coefficient (Wildman–Crippen LogP) is 3.71. The number of pyridine rings is 1. The van der Waals surface area contributed by atoms with Gasteiger partial charge in [0.25, 0.3) is 5.56 Å². The van der Waals surface area contributed by atoms with Gasteiger partial charge in [-0.2, -0.15) is 0 Å². The summed E-state index contributed by atoms with van der Waals surface area (Å²) in [4.78, 5) is 36.0. The normalized spacial score (nSPS) is 16.4. The van der Waals surface area contributed by atoms with Crippen molar-refractivity contribution >= 4 is 39.1 Å². The van der Waals surface area contributed by atoms with Crippen molar-refractivity contribution in [2.45, 2.75) is 44.8 Å². The van der Waals surface area contributed by atoms with Crippen LogP contribution in [0, 0.1) is 5.92 Å². The van der Waals surface area contributed by atoms with Crippen LogP contribution >= 0.6 is 23.1 Å². The van der Waals surface area contributed by atoms with Crippen molar-refractivity contribution < 1.29 is 4.79 Å². The van der Waals surface area contributed by atoms with E-state index in [0.717, 1.165) is 35.0 Å². The van der Waals surface area contributed by atoms with Gasteiger partial charge in [-0.3, -0.25) is 19.1 Å². The van der Waals surface area contributed by atoms with Gasteiger partial charge in [0.1, 0.15) is 10.6 Å². The van der Waals surface area contributed by atoms with Crippen LogP contribution < -0.4 is 5.56 Å². The molecule has 1 atom stereocenters. The number of thioether (sulfide) groups is 1. The van der Waals surface area contributed by atoms with Crippen molar-refractivity contribution in [2.75, 3.05) is 5.75 Å². The topological polar surface area (TPSA) is 64.8 Å². The summed E-state index contributed by atoms with van der Waals surface area (Å²) in [5.74, 6) is 1.03. The zero-order valence-electron chi connectivity index (χ0n) is 15.4. The highest BCUT2D eigenvalue weighted by atomic mass is 32.2. The number of ketones is 1. The summed E-state index contributed by atoms with van der Waals surface area (Å²) in [7, 11) is 0. The quantitative estimate of drug-likeness (QED) is 0.483. The summed E-state index contributed by atoms with van der Waals surface area (Å²) in [6.07, 6.45) is 6.56. The van der Waals surface area contributed by atoms with Crippen LogP contribution in [-0.2, 0) is 24.2 Å². The van der Waals surface area contributed by atoms with E-state index in [1.54, 1.807) is 35.2 Å². The Labute approximate surface area is 165 Å². The third-order valence-corrected chi connectivity index (χ3v) is 7.12. The standard InChI is InChI=1S/C20H21N3O2S2/c1-12-5-6-15-16(8-12)27-18-17(15)19(25)23(10-14-4-3-7-21-9-14)20(22-18)26-11-13(2)24/h3-4,7,9,12H,5-6,8,10-11H2,1-2H3/t12-/m1/s1. The van der Waals surface area contributed by atoms with Crippen LogP contribution in [0.5, 0.6) is 0 Å². The lowest BCUT2D eigenvalue weighted by Gasteiger charge is -2.17. The third kappa shape index (κ3) is 3.71. The molecule has 0 aromatic carbocycles. The lowest BCUT2D eigenvalue weighted by atomic mass is 9.89. The Kier molecular flexibility index (Phi) is 5.14. The first kappa shape index (κ1) is 18.4. The molecule has 0 fully saturated rings. The zero-order valence-corrected chi connectivity index (χ0v) is 17.0. The van der Waals surface area contributed by atoms with Crippen LogP contribution in [0.4, 0.5) is 0 Å². The van der Waals surface area contributed by atoms with Crippen molar-refractivity contribution in [3.63, 3.8) is 0 Å². The van der Waals surface area contributed by atoms with Gasteiger partial charge in [-0.25, -0.2) is 4.98 Å². The SMILES string of the molecule is CC(=O)CSc1nc2sc3c(c2c(=O)n1Cc1cccnc1)CC[C@@H](C)C3. The minimum Gasteiger partial charge on any atom is -0.299 e. The number of carbonyl (C=O) groups excluding carboxylic acids is 1. The van der Waals surface area contributed by atoms with Gasteiger partial charge in [-0.15, -0.1) is 11.3 Å². The Bertz CT molecular complexity index is 1060. The predicted molar refractivity (Wildman–Crippen MR) is 110 cm³/mol. The number of hydrogen-bond acceptors (Lipinski definition) is 6. The molecule has 3 aromatic rings. The molecule has 4 rings (SSSR count). The molecule has 1 aliphatic rings. The number of Topliss-reactive ketones (excluding diaryl/α,β-unsaturated/α-hetero) is 1. The van der Waals surface area contributed by atoms with E-state index < -0.39 is 0 Å². The van der Waals surface area contributed by atoms with Crippen molar-refractivity contribution in [1.82, 2.24) is 14.5 Å². The molecule has 0 saturated carbocycles. The van der Waals surface area contributed by atoms with Crippen LogP contribution in [0.1, 0.15) is 36.3 Å². The molecule has 0 radical (unpaired) electrons. The molecular formula is C20H21N3O2S2. The number of carbonyl (C=O) groups is 1. The van der Waals surface area contributed by atoms with Gasteiger partial charge >= 0.3 is 0 Å². The Hall–Kier alpha value is -1.99. The molecule has 1 aliphatic carbocycles. The molecule has 0 amide bonds. The second-order valence-electron chi connectivity index (χ2n) is 7.17. The fourth-order valence-electron chi connectivity index (χ4n) is 3.49. The zero-order chi connectivity index (χ0) is 19.0. The highest BCUT2D eigenvalue weighted by Crippen LogP contribution is 2.36. The highest BCUT2D eigenvalue weighted by Gasteiger charge is 2.24. The van der Waals surface area contributed by atoms with E-state index in [1.807, 2.05) is 12.1 Å². The van der Waals surface area contributed by atoms with Crippen LogP contribution in [0.15, 0.2) is 34.5 Å². The molecule has 0 bridgehead atoms. The van der Waals surface area contributed by atoms with E-state index >= 15 is 0 Å². The lowest BCUT2D eigenvalue weighted by molar-refractivity contribution is -0.114. The summed E-state index contributed by atoms with van der Waals surface area (Å²) >= 11 is 2.98.